The Morgan fingerprint density at radius 3 is 2.75 bits per heavy atom. The zero-order valence-electron chi connectivity index (χ0n) is 11.4. The first-order valence-corrected chi connectivity index (χ1v) is 6.85. The van der Waals surface area contributed by atoms with E-state index in [0.717, 1.165) is 5.56 Å². The van der Waals surface area contributed by atoms with Crippen molar-refractivity contribution in [3.63, 3.8) is 0 Å². The molecule has 0 aliphatic rings. The van der Waals surface area contributed by atoms with Gasteiger partial charge in [-0.25, -0.2) is 4.79 Å². The molecule has 0 bridgehead atoms. The Bertz CT molecular complexity index is 645. The Hall–Kier alpha value is -2.15. The molecule has 106 valence electrons. The first kappa shape index (κ1) is 14.3. The molecule has 0 aromatic carbocycles. The summed E-state index contributed by atoms with van der Waals surface area (Å²) >= 11 is 1.17. The molecular formula is C13H14N2O4S. The maximum Gasteiger partial charge on any atom is 0.348 e. The van der Waals surface area contributed by atoms with Crippen molar-refractivity contribution in [3.8, 4) is 0 Å². The minimum absolute atomic E-state index is 0.131. The van der Waals surface area contributed by atoms with Gasteiger partial charge in [0.25, 0.3) is 5.91 Å². The molecule has 7 heteroatoms. The second kappa shape index (κ2) is 5.87. The maximum absolute atomic E-state index is 11.9. The summed E-state index contributed by atoms with van der Waals surface area (Å²) in [6, 6.07) is 3.26. The van der Waals surface area contributed by atoms with Gasteiger partial charge in [0.1, 0.15) is 4.88 Å². The van der Waals surface area contributed by atoms with Crippen molar-refractivity contribution in [2.75, 3.05) is 11.9 Å². The molecule has 0 fully saturated rings. The van der Waals surface area contributed by atoms with Gasteiger partial charge in [-0.3, -0.25) is 4.79 Å². The summed E-state index contributed by atoms with van der Waals surface area (Å²) in [5.41, 5.74) is 1.39. The number of hydrogen-bond acceptors (Lipinski definition) is 6. The molecule has 2 aromatic rings. The molecule has 0 radical (unpaired) electrons. The van der Waals surface area contributed by atoms with Crippen LogP contribution in [0.25, 0.3) is 0 Å². The molecule has 0 saturated heterocycles. The standard InChI is InChI=1S/C13H14N2O4S/c1-4-18-13(17)11-7(2)5-10(20-11)14-12(16)9-6-8(3)15-19-9/h5-6H,4H2,1-3H3,(H,14,16). The van der Waals surface area contributed by atoms with Crippen molar-refractivity contribution >= 4 is 28.2 Å². The molecule has 0 atom stereocenters. The number of amides is 1. The number of ether oxygens (including phenoxy) is 1. The van der Waals surface area contributed by atoms with Crippen molar-refractivity contribution in [2.24, 2.45) is 0 Å². The van der Waals surface area contributed by atoms with E-state index in [4.69, 9.17) is 9.26 Å². The van der Waals surface area contributed by atoms with Crippen molar-refractivity contribution < 1.29 is 18.8 Å². The average Bonchev–Trinajstić information content (AvgIpc) is 2.96. The quantitative estimate of drug-likeness (QED) is 0.877. The maximum atomic E-state index is 11.9. The van der Waals surface area contributed by atoms with Crippen molar-refractivity contribution in [1.82, 2.24) is 5.16 Å². The molecule has 0 aliphatic heterocycles. The van der Waals surface area contributed by atoms with Crippen LogP contribution >= 0.6 is 11.3 Å². The van der Waals surface area contributed by atoms with Gasteiger partial charge in [0, 0.05) is 6.07 Å². The van der Waals surface area contributed by atoms with Crippen LogP contribution in [0.5, 0.6) is 0 Å². The molecule has 0 spiro atoms. The van der Waals surface area contributed by atoms with Gasteiger partial charge in [0.15, 0.2) is 0 Å². The summed E-state index contributed by atoms with van der Waals surface area (Å²) in [6.45, 7) is 5.58. The summed E-state index contributed by atoms with van der Waals surface area (Å²) < 4.78 is 9.82. The highest BCUT2D eigenvalue weighted by atomic mass is 32.1. The highest BCUT2D eigenvalue weighted by molar-refractivity contribution is 7.18. The molecule has 2 heterocycles. The van der Waals surface area contributed by atoms with Crippen LogP contribution in [0.1, 0.15) is 38.4 Å². The number of aryl methyl sites for hydroxylation is 2. The van der Waals surface area contributed by atoms with E-state index >= 15 is 0 Å². The topological polar surface area (TPSA) is 81.4 Å². The highest BCUT2D eigenvalue weighted by Crippen LogP contribution is 2.27. The van der Waals surface area contributed by atoms with Crippen LogP contribution in [0.4, 0.5) is 5.00 Å². The Balaban J connectivity index is 2.12. The highest BCUT2D eigenvalue weighted by Gasteiger charge is 2.17. The largest absolute Gasteiger partial charge is 0.462 e. The number of nitrogens with one attached hydrogen (secondary N) is 1. The third-order valence-electron chi connectivity index (χ3n) is 2.47. The number of carbonyl (C=O) groups excluding carboxylic acids is 2. The lowest BCUT2D eigenvalue weighted by molar-refractivity contribution is 0.0531. The van der Waals surface area contributed by atoms with Gasteiger partial charge in [0.05, 0.1) is 17.3 Å². The number of hydrogen-bond donors (Lipinski definition) is 1. The number of carbonyl (C=O) groups is 2. The predicted octanol–water partition coefficient (Wildman–Crippen LogP) is 2.78. The average molecular weight is 294 g/mol. The first-order chi connectivity index (χ1) is 9.51. The molecule has 0 unspecified atom stereocenters. The summed E-state index contributed by atoms with van der Waals surface area (Å²) in [6.07, 6.45) is 0. The lowest BCUT2D eigenvalue weighted by Gasteiger charge is -1.99. The summed E-state index contributed by atoms with van der Waals surface area (Å²) in [5, 5.41) is 6.88. The van der Waals surface area contributed by atoms with Gasteiger partial charge < -0.3 is 14.6 Å². The van der Waals surface area contributed by atoms with E-state index in [1.165, 1.54) is 11.3 Å². The fourth-order valence-corrected chi connectivity index (χ4v) is 2.55. The SMILES string of the molecule is CCOC(=O)c1sc(NC(=O)c2cc(C)no2)cc1C. The van der Waals surface area contributed by atoms with E-state index in [1.54, 1.807) is 32.9 Å². The van der Waals surface area contributed by atoms with Crippen LogP contribution in [0.3, 0.4) is 0 Å². The van der Waals surface area contributed by atoms with E-state index < -0.39 is 5.91 Å². The van der Waals surface area contributed by atoms with E-state index in [-0.39, 0.29) is 11.7 Å². The Morgan fingerprint density at radius 2 is 2.15 bits per heavy atom. The van der Waals surface area contributed by atoms with Crippen molar-refractivity contribution in [3.05, 3.63) is 34.0 Å². The number of rotatable bonds is 4. The van der Waals surface area contributed by atoms with Crippen LogP contribution < -0.4 is 5.32 Å². The molecule has 0 saturated carbocycles. The van der Waals surface area contributed by atoms with E-state index in [1.807, 2.05) is 0 Å². The fourth-order valence-electron chi connectivity index (χ4n) is 1.59. The van der Waals surface area contributed by atoms with Gasteiger partial charge in [-0.15, -0.1) is 11.3 Å². The summed E-state index contributed by atoms with van der Waals surface area (Å²) in [7, 11) is 0. The smallest absolute Gasteiger partial charge is 0.348 e. The van der Waals surface area contributed by atoms with Crippen LogP contribution in [-0.4, -0.2) is 23.6 Å². The molecular weight excluding hydrogens is 280 g/mol. The van der Waals surface area contributed by atoms with Crippen LogP contribution in [0.15, 0.2) is 16.7 Å². The minimum Gasteiger partial charge on any atom is -0.462 e. The van der Waals surface area contributed by atoms with Crippen LogP contribution in [0, 0.1) is 13.8 Å². The third kappa shape index (κ3) is 3.05. The zero-order valence-corrected chi connectivity index (χ0v) is 12.2. The van der Waals surface area contributed by atoms with E-state index in [2.05, 4.69) is 10.5 Å². The van der Waals surface area contributed by atoms with Crippen LogP contribution in [-0.2, 0) is 4.74 Å². The third-order valence-corrected chi connectivity index (χ3v) is 3.60. The molecule has 0 aliphatic carbocycles. The number of esters is 1. The Kier molecular flexibility index (Phi) is 4.19. The fraction of sp³-hybridized carbons (Fsp3) is 0.308. The van der Waals surface area contributed by atoms with E-state index in [9.17, 15) is 9.59 Å². The van der Waals surface area contributed by atoms with Gasteiger partial charge in [0.2, 0.25) is 5.76 Å². The molecule has 6 nitrogen and oxygen atoms in total. The van der Waals surface area contributed by atoms with Crippen molar-refractivity contribution in [2.45, 2.75) is 20.8 Å². The Labute approximate surface area is 119 Å². The lowest BCUT2D eigenvalue weighted by Crippen LogP contribution is -2.09. The first-order valence-electron chi connectivity index (χ1n) is 6.03. The van der Waals surface area contributed by atoms with Gasteiger partial charge >= 0.3 is 5.97 Å². The molecule has 1 amide bonds. The number of thiophene rings is 1. The molecule has 2 aromatic heterocycles. The molecule has 1 N–H and O–H groups in total. The zero-order chi connectivity index (χ0) is 14.7. The second-order valence-corrected chi connectivity index (χ2v) is 5.18. The van der Waals surface area contributed by atoms with Gasteiger partial charge in [-0.05, 0) is 32.4 Å². The van der Waals surface area contributed by atoms with Crippen molar-refractivity contribution in [1.29, 1.82) is 0 Å². The number of aromatic nitrogens is 1. The molecule has 20 heavy (non-hydrogen) atoms. The van der Waals surface area contributed by atoms with Gasteiger partial charge in [-0.2, -0.15) is 0 Å². The second-order valence-electron chi connectivity index (χ2n) is 4.13. The molecule has 2 rings (SSSR count). The van der Waals surface area contributed by atoms with E-state index in [0.29, 0.717) is 22.2 Å². The minimum atomic E-state index is -0.401. The number of anilines is 1. The summed E-state index contributed by atoms with van der Waals surface area (Å²) in [4.78, 5) is 24.1. The lowest BCUT2D eigenvalue weighted by atomic mass is 10.3. The number of nitrogens with zero attached hydrogens (tertiary/aromatic N) is 1. The monoisotopic (exact) mass is 294 g/mol. The Morgan fingerprint density at radius 1 is 1.40 bits per heavy atom. The summed E-state index contributed by atoms with van der Waals surface area (Å²) in [5.74, 6) is -0.653. The van der Waals surface area contributed by atoms with Gasteiger partial charge in [-0.1, -0.05) is 5.16 Å². The predicted molar refractivity (Wildman–Crippen MR) is 74.2 cm³/mol. The van der Waals surface area contributed by atoms with Crippen LogP contribution in [0.2, 0.25) is 0 Å². The normalized spacial score (nSPS) is 10.3.